The second-order valence-corrected chi connectivity index (χ2v) is 7.40. The van der Waals surface area contributed by atoms with Crippen LogP contribution in [0.25, 0.3) is 0 Å². The number of carbonyl (C=O) groups excluding carboxylic acids is 2. The van der Waals surface area contributed by atoms with Gasteiger partial charge in [0.2, 0.25) is 5.91 Å². The molecule has 2 aromatic rings. The number of ketones is 1. The number of nitrogens with one attached hydrogen (secondary N) is 1. The second-order valence-electron chi connectivity index (χ2n) is 7.40. The van der Waals surface area contributed by atoms with Gasteiger partial charge in [-0.3, -0.25) is 9.59 Å². The van der Waals surface area contributed by atoms with Gasteiger partial charge in [-0.15, -0.1) is 0 Å². The van der Waals surface area contributed by atoms with Crippen LogP contribution in [0.3, 0.4) is 0 Å². The number of hydrogen-bond acceptors (Lipinski definition) is 2. The Morgan fingerprint density at radius 1 is 0.920 bits per heavy atom. The number of carbonyl (C=O) groups is 2. The highest BCUT2D eigenvalue weighted by Gasteiger charge is 2.30. The fourth-order valence-corrected chi connectivity index (χ4v) is 3.44. The fraction of sp³-hybridized carbons (Fsp3) is 0.273. The summed E-state index contributed by atoms with van der Waals surface area (Å²) in [5.41, 5.74) is 2.47. The molecule has 0 bridgehead atoms. The van der Waals surface area contributed by atoms with Crippen molar-refractivity contribution in [2.24, 2.45) is 5.41 Å². The van der Waals surface area contributed by atoms with E-state index in [4.69, 9.17) is 0 Å². The highest BCUT2D eigenvalue weighted by atomic mass is 16.2. The second kappa shape index (κ2) is 7.06. The molecule has 0 unspecified atom stereocenters. The van der Waals surface area contributed by atoms with E-state index in [0.29, 0.717) is 18.5 Å². The van der Waals surface area contributed by atoms with Crippen molar-refractivity contribution in [3.63, 3.8) is 0 Å². The van der Waals surface area contributed by atoms with E-state index < -0.39 is 5.92 Å². The summed E-state index contributed by atoms with van der Waals surface area (Å²) in [6, 6.07) is 19.5. The molecule has 0 atom stereocenters. The van der Waals surface area contributed by atoms with E-state index >= 15 is 0 Å². The average Bonchev–Trinajstić information content (AvgIpc) is 2.55. The molecule has 0 saturated carbocycles. The summed E-state index contributed by atoms with van der Waals surface area (Å²) in [7, 11) is 0. The first-order valence-electron chi connectivity index (χ1n) is 8.59. The summed E-state index contributed by atoms with van der Waals surface area (Å²) in [4.78, 5) is 25.0. The molecule has 128 valence electrons. The van der Waals surface area contributed by atoms with Gasteiger partial charge in [0.15, 0.2) is 5.78 Å². The lowest BCUT2D eigenvalue weighted by Crippen LogP contribution is -2.34. The Morgan fingerprint density at radius 2 is 1.44 bits per heavy atom. The highest BCUT2D eigenvalue weighted by molar-refractivity contribution is 5.94. The smallest absolute Gasteiger partial charge is 0.236 e. The SMILES string of the molecule is CC1(C)CC(=O)C=C(NC(=O)C(c2ccccc2)c2ccccc2)C1. The number of benzene rings is 2. The van der Waals surface area contributed by atoms with Crippen molar-refractivity contribution < 1.29 is 9.59 Å². The zero-order chi connectivity index (χ0) is 17.9. The van der Waals surface area contributed by atoms with Crippen LogP contribution < -0.4 is 5.32 Å². The number of rotatable bonds is 4. The van der Waals surface area contributed by atoms with E-state index in [0.717, 1.165) is 11.1 Å². The molecule has 0 spiro atoms. The van der Waals surface area contributed by atoms with Gasteiger partial charge in [0.05, 0.1) is 5.92 Å². The van der Waals surface area contributed by atoms with Gasteiger partial charge < -0.3 is 5.32 Å². The van der Waals surface area contributed by atoms with Crippen molar-refractivity contribution in [3.8, 4) is 0 Å². The maximum Gasteiger partial charge on any atom is 0.236 e. The van der Waals surface area contributed by atoms with E-state index in [1.807, 2.05) is 60.7 Å². The summed E-state index contributed by atoms with van der Waals surface area (Å²) in [5.74, 6) is -0.430. The third-order valence-electron chi connectivity index (χ3n) is 4.47. The van der Waals surface area contributed by atoms with Crippen molar-refractivity contribution in [2.45, 2.75) is 32.6 Å². The van der Waals surface area contributed by atoms with Gasteiger partial charge in [-0.1, -0.05) is 74.5 Å². The minimum atomic E-state index is -0.400. The Morgan fingerprint density at radius 3 is 1.92 bits per heavy atom. The van der Waals surface area contributed by atoms with Gasteiger partial charge in [-0.2, -0.15) is 0 Å². The maximum atomic E-state index is 13.1. The van der Waals surface area contributed by atoms with Crippen molar-refractivity contribution in [3.05, 3.63) is 83.6 Å². The summed E-state index contributed by atoms with van der Waals surface area (Å²) in [6.07, 6.45) is 2.80. The molecule has 25 heavy (non-hydrogen) atoms. The van der Waals surface area contributed by atoms with Gasteiger partial charge in [0.25, 0.3) is 0 Å². The average molecular weight is 333 g/mol. The third-order valence-corrected chi connectivity index (χ3v) is 4.47. The zero-order valence-corrected chi connectivity index (χ0v) is 14.7. The molecule has 0 aliphatic heterocycles. The Kier molecular flexibility index (Phi) is 4.84. The third kappa shape index (κ3) is 4.24. The molecule has 0 aromatic heterocycles. The topological polar surface area (TPSA) is 46.2 Å². The molecule has 3 rings (SSSR count). The van der Waals surface area contributed by atoms with Crippen molar-refractivity contribution >= 4 is 11.7 Å². The molecular formula is C22H23NO2. The standard InChI is InChI=1S/C22H23NO2/c1-22(2)14-18(13-19(24)15-22)23-21(25)20(16-9-5-3-6-10-16)17-11-7-4-8-12-17/h3-13,20H,14-15H2,1-2H3,(H,23,25). The van der Waals surface area contributed by atoms with E-state index in [2.05, 4.69) is 19.2 Å². The summed E-state index contributed by atoms with van der Waals surface area (Å²) >= 11 is 0. The zero-order valence-electron chi connectivity index (χ0n) is 14.7. The van der Waals surface area contributed by atoms with E-state index in [1.165, 1.54) is 0 Å². The first kappa shape index (κ1) is 17.2. The van der Waals surface area contributed by atoms with Crippen LogP contribution >= 0.6 is 0 Å². The quantitative estimate of drug-likeness (QED) is 0.911. The Labute approximate surface area is 148 Å². The predicted octanol–water partition coefficient (Wildman–Crippen LogP) is 4.21. The Bertz CT molecular complexity index is 752. The lowest BCUT2D eigenvalue weighted by Gasteiger charge is -2.29. The van der Waals surface area contributed by atoms with Crippen LogP contribution in [0.1, 0.15) is 43.7 Å². The normalized spacial score (nSPS) is 16.4. The molecule has 3 nitrogen and oxygen atoms in total. The Hall–Kier alpha value is -2.68. The lowest BCUT2D eigenvalue weighted by atomic mass is 9.78. The molecule has 3 heteroatoms. The molecular weight excluding hydrogens is 310 g/mol. The molecule has 0 radical (unpaired) electrons. The Balaban J connectivity index is 1.89. The summed E-state index contributed by atoms with van der Waals surface area (Å²) < 4.78 is 0. The molecule has 1 aliphatic carbocycles. The van der Waals surface area contributed by atoms with Crippen molar-refractivity contribution in [1.82, 2.24) is 5.32 Å². The minimum absolute atomic E-state index is 0.0718. The van der Waals surface area contributed by atoms with Crippen LogP contribution in [0.2, 0.25) is 0 Å². The van der Waals surface area contributed by atoms with Crippen molar-refractivity contribution in [2.75, 3.05) is 0 Å². The van der Waals surface area contributed by atoms with Crippen LogP contribution in [0, 0.1) is 5.41 Å². The van der Waals surface area contributed by atoms with Gasteiger partial charge in [0.1, 0.15) is 0 Å². The molecule has 0 heterocycles. The fourth-order valence-electron chi connectivity index (χ4n) is 3.44. The largest absolute Gasteiger partial charge is 0.329 e. The predicted molar refractivity (Wildman–Crippen MR) is 99.0 cm³/mol. The molecule has 2 aromatic carbocycles. The van der Waals surface area contributed by atoms with E-state index in [9.17, 15) is 9.59 Å². The van der Waals surface area contributed by atoms with Gasteiger partial charge in [-0.25, -0.2) is 0 Å². The molecule has 1 aliphatic rings. The summed E-state index contributed by atoms with van der Waals surface area (Å²) in [5, 5.41) is 3.00. The van der Waals surface area contributed by atoms with Crippen LogP contribution in [0.5, 0.6) is 0 Å². The molecule has 1 N–H and O–H groups in total. The molecule has 0 fully saturated rings. The van der Waals surface area contributed by atoms with Gasteiger partial charge in [-0.05, 0) is 23.0 Å². The summed E-state index contributed by atoms with van der Waals surface area (Å²) in [6.45, 7) is 4.10. The van der Waals surface area contributed by atoms with Crippen LogP contribution in [-0.4, -0.2) is 11.7 Å². The van der Waals surface area contributed by atoms with Gasteiger partial charge >= 0.3 is 0 Å². The molecule has 1 amide bonds. The molecule has 0 saturated heterocycles. The first-order valence-corrected chi connectivity index (χ1v) is 8.59. The highest BCUT2D eigenvalue weighted by Crippen LogP contribution is 2.33. The number of allylic oxidation sites excluding steroid dienone is 2. The van der Waals surface area contributed by atoms with E-state index in [-0.39, 0.29) is 17.1 Å². The van der Waals surface area contributed by atoms with E-state index in [1.54, 1.807) is 6.08 Å². The minimum Gasteiger partial charge on any atom is -0.329 e. The lowest BCUT2D eigenvalue weighted by molar-refractivity contribution is -0.121. The van der Waals surface area contributed by atoms with Gasteiger partial charge in [0, 0.05) is 18.2 Å². The van der Waals surface area contributed by atoms with Crippen molar-refractivity contribution in [1.29, 1.82) is 0 Å². The monoisotopic (exact) mass is 333 g/mol. The maximum absolute atomic E-state index is 13.1. The van der Waals surface area contributed by atoms with Crippen LogP contribution in [0.15, 0.2) is 72.4 Å². The first-order chi connectivity index (χ1) is 11.9. The van der Waals surface area contributed by atoms with Crippen LogP contribution in [0.4, 0.5) is 0 Å². The number of hydrogen-bond donors (Lipinski definition) is 1. The number of amides is 1. The van der Waals surface area contributed by atoms with Crippen LogP contribution in [-0.2, 0) is 9.59 Å².